The van der Waals surface area contributed by atoms with Crippen molar-refractivity contribution < 1.29 is 18.2 Å². The third-order valence-corrected chi connectivity index (χ3v) is 7.55. The molecule has 0 bridgehead atoms. The van der Waals surface area contributed by atoms with E-state index in [0.717, 1.165) is 24.3 Å². The van der Waals surface area contributed by atoms with Crippen molar-refractivity contribution in [3.8, 4) is 17.2 Å². The third-order valence-electron chi connectivity index (χ3n) is 6.88. The summed E-state index contributed by atoms with van der Waals surface area (Å²) in [6.07, 6.45) is 3.38. The lowest BCUT2D eigenvalue weighted by atomic mass is 9.55. The molecule has 1 aliphatic rings. The molecular formula is C31H38O4S. The molecule has 0 saturated heterocycles. The molecule has 0 heterocycles. The lowest BCUT2D eigenvalue weighted by Crippen LogP contribution is -2.41. The van der Waals surface area contributed by atoms with Gasteiger partial charge in [0.25, 0.3) is 0 Å². The monoisotopic (exact) mass is 506 g/mol. The van der Waals surface area contributed by atoms with E-state index in [9.17, 15) is 8.76 Å². The molecule has 0 radical (unpaired) electrons. The van der Waals surface area contributed by atoms with Gasteiger partial charge in [-0.15, -0.1) is 0 Å². The second-order valence-electron chi connectivity index (χ2n) is 12.0. The SMILES string of the molecule is CC1CC(C)(C)CC(c2ccc(Oc3ccc(S(=O)O)cc3)cc2)(c2ccc(OC(C)(C)C)cc2)C1. The molecule has 1 aliphatic carbocycles. The Morgan fingerprint density at radius 1 is 0.806 bits per heavy atom. The standard InChI is InChI=1S/C31H38O4S/c1-22-19-30(5,6)21-31(20-22,24-9-13-27(14-10-24)35-29(2,3)4)23-7-11-25(12-8-23)34-26-15-17-28(18-16-26)36(32)33/h7-18,22H,19-21H2,1-6H3,(H,32,33). The van der Waals surface area contributed by atoms with Gasteiger partial charge in [0.2, 0.25) is 0 Å². The Morgan fingerprint density at radius 3 is 1.72 bits per heavy atom. The smallest absolute Gasteiger partial charge is 0.186 e. The average Bonchev–Trinajstić information content (AvgIpc) is 2.78. The topological polar surface area (TPSA) is 55.8 Å². The number of benzene rings is 3. The zero-order chi connectivity index (χ0) is 26.1. The van der Waals surface area contributed by atoms with Crippen molar-refractivity contribution in [2.45, 2.75) is 76.7 Å². The van der Waals surface area contributed by atoms with Crippen molar-refractivity contribution in [2.75, 3.05) is 0 Å². The molecule has 36 heavy (non-hydrogen) atoms. The molecule has 0 aliphatic heterocycles. The second-order valence-corrected chi connectivity index (χ2v) is 13.0. The highest BCUT2D eigenvalue weighted by Crippen LogP contribution is 2.53. The number of hydrogen-bond acceptors (Lipinski definition) is 3. The maximum Gasteiger partial charge on any atom is 0.186 e. The van der Waals surface area contributed by atoms with Crippen LogP contribution in [0.15, 0.2) is 77.7 Å². The number of ether oxygens (including phenoxy) is 2. The van der Waals surface area contributed by atoms with Gasteiger partial charge in [0.05, 0.1) is 4.90 Å². The van der Waals surface area contributed by atoms with E-state index in [4.69, 9.17) is 9.47 Å². The predicted molar refractivity (Wildman–Crippen MR) is 146 cm³/mol. The van der Waals surface area contributed by atoms with Crippen LogP contribution in [0.4, 0.5) is 0 Å². The van der Waals surface area contributed by atoms with Crippen molar-refractivity contribution in [3.05, 3.63) is 83.9 Å². The van der Waals surface area contributed by atoms with Crippen LogP contribution in [-0.2, 0) is 16.5 Å². The quantitative estimate of drug-likeness (QED) is 0.341. The molecular weight excluding hydrogens is 468 g/mol. The third kappa shape index (κ3) is 6.19. The van der Waals surface area contributed by atoms with E-state index < -0.39 is 11.1 Å². The maximum atomic E-state index is 11.2. The zero-order valence-electron chi connectivity index (χ0n) is 22.2. The minimum atomic E-state index is -1.99. The first kappa shape index (κ1) is 26.4. The van der Waals surface area contributed by atoms with Crippen molar-refractivity contribution >= 4 is 11.1 Å². The Hall–Kier alpha value is -2.63. The van der Waals surface area contributed by atoms with Gasteiger partial charge in [0.15, 0.2) is 11.1 Å². The molecule has 0 aromatic heterocycles. The highest BCUT2D eigenvalue weighted by Gasteiger charge is 2.45. The Kier molecular flexibility index (Phi) is 7.36. The van der Waals surface area contributed by atoms with Crippen LogP contribution >= 0.6 is 0 Å². The molecule has 5 heteroatoms. The lowest BCUT2D eigenvalue weighted by Gasteiger charge is -2.48. The van der Waals surface area contributed by atoms with Crippen molar-refractivity contribution in [3.63, 3.8) is 0 Å². The van der Waals surface area contributed by atoms with Crippen molar-refractivity contribution in [1.82, 2.24) is 0 Å². The molecule has 1 saturated carbocycles. The summed E-state index contributed by atoms with van der Waals surface area (Å²) in [4.78, 5) is 0.354. The van der Waals surface area contributed by atoms with E-state index in [1.165, 1.54) is 17.5 Å². The van der Waals surface area contributed by atoms with Crippen LogP contribution < -0.4 is 9.47 Å². The molecule has 3 unspecified atom stereocenters. The summed E-state index contributed by atoms with van der Waals surface area (Å²) in [7, 11) is 0. The summed E-state index contributed by atoms with van der Waals surface area (Å²) in [5, 5.41) is 0. The number of hydrogen-bond donors (Lipinski definition) is 1. The van der Waals surface area contributed by atoms with Gasteiger partial charge in [0.1, 0.15) is 22.8 Å². The first-order valence-electron chi connectivity index (χ1n) is 12.6. The van der Waals surface area contributed by atoms with E-state index in [-0.39, 0.29) is 16.4 Å². The van der Waals surface area contributed by atoms with Crippen LogP contribution in [0, 0.1) is 11.3 Å². The van der Waals surface area contributed by atoms with Crippen LogP contribution in [0.1, 0.15) is 71.9 Å². The largest absolute Gasteiger partial charge is 0.488 e. The minimum absolute atomic E-state index is 0.0905. The van der Waals surface area contributed by atoms with Gasteiger partial charge in [0, 0.05) is 5.41 Å². The molecule has 3 atom stereocenters. The van der Waals surface area contributed by atoms with Crippen LogP contribution in [0.2, 0.25) is 0 Å². The zero-order valence-corrected chi connectivity index (χ0v) is 23.0. The molecule has 1 N–H and O–H groups in total. The van der Waals surface area contributed by atoms with Crippen molar-refractivity contribution in [2.24, 2.45) is 11.3 Å². The van der Waals surface area contributed by atoms with Crippen LogP contribution in [-0.4, -0.2) is 14.4 Å². The lowest BCUT2D eigenvalue weighted by molar-refractivity contribution is 0.125. The van der Waals surface area contributed by atoms with Crippen LogP contribution in [0.3, 0.4) is 0 Å². The summed E-state index contributed by atoms with van der Waals surface area (Å²) >= 11 is -1.99. The Bertz CT molecular complexity index is 1190. The first-order chi connectivity index (χ1) is 16.9. The van der Waals surface area contributed by atoms with E-state index in [2.05, 4.69) is 77.9 Å². The van der Waals surface area contributed by atoms with E-state index >= 15 is 0 Å². The van der Waals surface area contributed by atoms with Crippen LogP contribution in [0.25, 0.3) is 0 Å². The molecule has 1 fully saturated rings. The van der Waals surface area contributed by atoms with E-state index in [0.29, 0.717) is 16.6 Å². The summed E-state index contributed by atoms with van der Waals surface area (Å²) in [5.74, 6) is 2.87. The fraction of sp³-hybridized carbons (Fsp3) is 0.419. The Balaban J connectivity index is 1.65. The molecule has 192 valence electrons. The fourth-order valence-electron chi connectivity index (χ4n) is 5.98. The normalized spacial score (nSPS) is 22.6. The fourth-order valence-corrected chi connectivity index (χ4v) is 6.34. The highest BCUT2D eigenvalue weighted by atomic mass is 32.2. The van der Waals surface area contributed by atoms with Gasteiger partial charge >= 0.3 is 0 Å². The molecule has 4 nitrogen and oxygen atoms in total. The maximum absolute atomic E-state index is 11.2. The van der Waals surface area contributed by atoms with Gasteiger partial charge in [-0.3, -0.25) is 0 Å². The van der Waals surface area contributed by atoms with Crippen LogP contribution in [0.5, 0.6) is 17.2 Å². The average molecular weight is 507 g/mol. The Labute approximate surface area is 218 Å². The molecule has 4 rings (SSSR count). The summed E-state index contributed by atoms with van der Waals surface area (Å²) in [5.41, 5.74) is 2.52. The van der Waals surface area contributed by atoms with E-state index in [1.54, 1.807) is 24.3 Å². The second kappa shape index (κ2) is 10.0. The molecule has 0 spiro atoms. The van der Waals surface area contributed by atoms with Gasteiger partial charge in [-0.25, -0.2) is 4.21 Å². The van der Waals surface area contributed by atoms with Gasteiger partial charge in [-0.05, 0) is 111 Å². The van der Waals surface area contributed by atoms with Gasteiger partial charge in [-0.2, -0.15) is 0 Å². The van der Waals surface area contributed by atoms with E-state index in [1.807, 2.05) is 12.1 Å². The minimum Gasteiger partial charge on any atom is -0.488 e. The summed E-state index contributed by atoms with van der Waals surface area (Å²) in [6.45, 7) is 13.3. The highest BCUT2D eigenvalue weighted by molar-refractivity contribution is 7.79. The van der Waals surface area contributed by atoms with Gasteiger partial charge in [-0.1, -0.05) is 45.0 Å². The van der Waals surface area contributed by atoms with Gasteiger partial charge < -0.3 is 14.0 Å². The summed E-state index contributed by atoms with van der Waals surface area (Å²) < 4.78 is 32.6. The van der Waals surface area contributed by atoms with Crippen molar-refractivity contribution in [1.29, 1.82) is 0 Å². The predicted octanol–water partition coefficient (Wildman–Crippen LogP) is 8.37. The molecule has 3 aromatic rings. The molecule has 0 amide bonds. The molecule has 3 aromatic carbocycles. The number of rotatable bonds is 6. The first-order valence-corrected chi connectivity index (χ1v) is 13.7. The summed E-state index contributed by atoms with van der Waals surface area (Å²) in [6, 6.07) is 23.8. The Morgan fingerprint density at radius 2 is 1.28 bits per heavy atom.